The van der Waals surface area contributed by atoms with E-state index in [1.165, 1.54) is 28.1 Å². The molecule has 0 spiro atoms. The fourth-order valence-corrected chi connectivity index (χ4v) is 5.52. The average molecular weight is 439 g/mol. The van der Waals surface area contributed by atoms with E-state index in [0.29, 0.717) is 18.1 Å². The highest BCUT2D eigenvalue weighted by Gasteiger charge is 2.46. The van der Waals surface area contributed by atoms with Crippen LogP contribution in [0.15, 0.2) is 53.4 Å². The number of carbonyl (C=O) groups excluding carboxylic acids is 1. The van der Waals surface area contributed by atoms with E-state index >= 15 is 0 Å². The first-order valence-corrected chi connectivity index (χ1v) is 11.4. The number of sulfonamides is 1. The fourth-order valence-electron chi connectivity index (χ4n) is 3.71. The van der Waals surface area contributed by atoms with Crippen LogP contribution in [-0.2, 0) is 14.8 Å². The lowest BCUT2D eigenvalue weighted by Crippen LogP contribution is -2.51. The van der Waals surface area contributed by atoms with Crippen LogP contribution in [0.5, 0.6) is 0 Å². The van der Waals surface area contributed by atoms with Gasteiger partial charge < -0.3 is 4.90 Å². The number of nitrogens with zero attached hydrogens (tertiary/aromatic N) is 2. The third-order valence-electron chi connectivity index (χ3n) is 5.41. The zero-order valence-electron chi connectivity index (χ0n) is 15.1. The Balaban J connectivity index is 1.38. The lowest BCUT2D eigenvalue weighted by molar-refractivity contribution is -0.133. The minimum Gasteiger partial charge on any atom is -0.340 e. The molecule has 5 nitrogen and oxygen atoms in total. The third kappa shape index (κ3) is 3.79. The second kappa shape index (κ2) is 7.67. The van der Waals surface area contributed by atoms with Gasteiger partial charge in [-0.1, -0.05) is 53.5 Å². The Bertz CT molecular complexity index is 990. The Labute approximate surface area is 174 Å². The summed E-state index contributed by atoms with van der Waals surface area (Å²) < 4.78 is 27.1. The molecule has 1 aliphatic carbocycles. The topological polar surface area (TPSA) is 57.7 Å². The summed E-state index contributed by atoms with van der Waals surface area (Å²) >= 11 is 11.8. The molecule has 8 heteroatoms. The predicted octanol–water partition coefficient (Wildman–Crippen LogP) is 3.63. The molecule has 1 heterocycles. The lowest BCUT2D eigenvalue weighted by Gasteiger charge is -2.34. The summed E-state index contributed by atoms with van der Waals surface area (Å²) in [6.07, 6.45) is 0.866. The van der Waals surface area contributed by atoms with Crippen LogP contribution < -0.4 is 0 Å². The van der Waals surface area contributed by atoms with E-state index in [1.807, 2.05) is 18.2 Å². The van der Waals surface area contributed by atoms with Gasteiger partial charge in [0.05, 0.1) is 14.9 Å². The van der Waals surface area contributed by atoms with Gasteiger partial charge in [-0.15, -0.1) is 0 Å². The van der Waals surface area contributed by atoms with Crippen molar-refractivity contribution < 1.29 is 13.2 Å². The SMILES string of the molecule is O=C(C1CC1c1ccccc1)N1CCN(S(=O)(=O)c2ccc(Cl)c(Cl)c2)CC1. The summed E-state index contributed by atoms with van der Waals surface area (Å²) in [5, 5.41) is 0.519. The molecule has 0 N–H and O–H groups in total. The van der Waals surface area contributed by atoms with Gasteiger partial charge in [0.25, 0.3) is 0 Å². The molecule has 2 aliphatic rings. The van der Waals surface area contributed by atoms with Crippen LogP contribution in [-0.4, -0.2) is 49.7 Å². The van der Waals surface area contributed by atoms with Crippen LogP contribution in [0, 0.1) is 5.92 Å². The molecule has 28 heavy (non-hydrogen) atoms. The van der Waals surface area contributed by atoms with Gasteiger partial charge in [-0.2, -0.15) is 4.31 Å². The Kier molecular flexibility index (Phi) is 5.40. The molecule has 2 fully saturated rings. The molecule has 0 aromatic heterocycles. The average Bonchev–Trinajstić information content (AvgIpc) is 3.51. The van der Waals surface area contributed by atoms with Crippen LogP contribution >= 0.6 is 23.2 Å². The zero-order valence-corrected chi connectivity index (χ0v) is 17.4. The molecule has 0 bridgehead atoms. The smallest absolute Gasteiger partial charge is 0.243 e. The van der Waals surface area contributed by atoms with E-state index in [2.05, 4.69) is 12.1 Å². The standard InChI is InChI=1S/C20H20Cl2N2O3S/c21-18-7-6-15(12-19(18)22)28(26,27)24-10-8-23(9-11-24)20(25)17-13-16(17)14-4-2-1-3-5-14/h1-7,12,16-17H,8-11,13H2. The predicted molar refractivity (Wildman–Crippen MR) is 109 cm³/mol. The van der Waals surface area contributed by atoms with Crippen molar-refractivity contribution in [3.05, 3.63) is 64.1 Å². The quantitative estimate of drug-likeness (QED) is 0.731. The van der Waals surface area contributed by atoms with Crippen molar-refractivity contribution in [2.24, 2.45) is 5.92 Å². The van der Waals surface area contributed by atoms with E-state index in [1.54, 1.807) is 4.90 Å². The minimum absolute atomic E-state index is 0.0145. The summed E-state index contributed by atoms with van der Waals surface area (Å²) in [6.45, 7) is 1.35. The molecule has 148 valence electrons. The van der Waals surface area contributed by atoms with Gasteiger partial charge in [-0.05, 0) is 36.1 Å². The summed E-state index contributed by atoms with van der Waals surface area (Å²) in [5.41, 5.74) is 1.20. The number of benzene rings is 2. The minimum atomic E-state index is -3.66. The molecule has 4 rings (SSSR count). The van der Waals surface area contributed by atoms with Crippen molar-refractivity contribution in [2.45, 2.75) is 17.2 Å². The van der Waals surface area contributed by atoms with Gasteiger partial charge in [-0.3, -0.25) is 4.79 Å². The van der Waals surface area contributed by atoms with Crippen LogP contribution in [0.4, 0.5) is 0 Å². The zero-order chi connectivity index (χ0) is 19.9. The maximum absolute atomic E-state index is 12.8. The lowest BCUT2D eigenvalue weighted by atomic mass is 10.1. The molecule has 1 saturated heterocycles. The molecule has 2 aromatic rings. The van der Waals surface area contributed by atoms with Gasteiger partial charge >= 0.3 is 0 Å². The number of amides is 1. The highest BCUT2D eigenvalue weighted by atomic mass is 35.5. The number of halogens is 2. The highest BCUT2D eigenvalue weighted by Crippen LogP contribution is 2.48. The van der Waals surface area contributed by atoms with Gasteiger partial charge in [-0.25, -0.2) is 8.42 Å². The second-order valence-electron chi connectivity index (χ2n) is 7.16. The summed E-state index contributed by atoms with van der Waals surface area (Å²) in [7, 11) is -3.66. The highest BCUT2D eigenvalue weighted by molar-refractivity contribution is 7.89. The maximum atomic E-state index is 12.8. The van der Waals surface area contributed by atoms with E-state index in [0.717, 1.165) is 6.42 Å². The summed E-state index contributed by atoms with van der Waals surface area (Å²) in [5.74, 6) is 0.424. The molecule has 2 aromatic carbocycles. The van der Waals surface area contributed by atoms with E-state index in [4.69, 9.17) is 23.2 Å². The van der Waals surface area contributed by atoms with Crippen molar-refractivity contribution in [1.29, 1.82) is 0 Å². The maximum Gasteiger partial charge on any atom is 0.243 e. The number of carbonyl (C=O) groups is 1. The van der Waals surface area contributed by atoms with Gasteiger partial charge in [0, 0.05) is 32.1 Å². The second-order valence-corrected chi connectivity index (χ2v) is 9.92. The van der Waals surface area contributed by atoms with E-state index < -0.39 is 10.0 Å². The molecule has 0 radical (unpaired) electrons. The first-order valence-electron chi connectivity index (χ1n) is 9.17. The van der Waals surface area contributed by atoms with Crippen molar-refractivity contribution in [3.63, 3.8) is 0 Å². The Morgan fingerprint density at radius 3 is 2.25 bits per heavy atom. The Hall–Kier alpha value is -1.60. The monoisotopic (exact) mass is 438 g/mol. The largest absolute Gasteiger partial charge is 0.340 e. The van der Waals surface area contributed by atoms with Gasteiger partial charge in [0.2, 0.25) is 15.9 Å². The van der Waals surface area contributed by atoms with Crippen LogP contribution in [0.25, 0.3) is 0 Å². The fraction of sp³-hybridized carbons (Fsp3) is 0.350. The van der Waals surface area contributed by atoms with Crippen LogP contribution in [0.1, 0.15) is 17.9 Å². The van der Waals surface area contributed by atoms with E-state index in [-0.39, 0.29) is 40.8 Å². The molecule has 2 unspecified atom stereocenters. The van der Waals surface area contributed by atoms with Gasteiger partial charge in [0.15, 0.2) is 0 Å². The number of hydrogen-bond donors (Lipinski definition) is 0. The summed E-state index contributed by atoms with van der Waals surface area (Å²) in [6, 6.07) is 14.4. The summed E-state index contributed by atoms with van der Waals surface area (Å²) in [4.78, 5) is 14.7. The van der Waals surface area contributed by atoms with Crippen molar-refractivity contribution >= 4 is 39.1 Å². The molecule has 1 aliphatic heterocycles. The first kappa shape index (κ1) is 19.7. The van der Waals surface area contributed by atoms with E-state index in [9.17, 15) is 13.2 Å². The normalized spacial score (nSPS) is 22.9. The molecular formula is C20H20Cl2N2O3S. The van der Waals surface area contributed by atoms with Gasteiger partial charge in [0.1, 0.15) is 0 Å². The molecule has 2 atom stereocenters. The number of rotatable bonds is 4. The Morgan fingerprint density at radius 2 is 1.61 bits per heavy atom. The van der Waals surface area contributed by atoms with Crippen LogP contribution in [0.3, 0.4) is 0 Å². The number of piperazine rings is 1. The third-order valence-corrected chi connectivity index (χ3v) is 8.05. The number of hydrogen-bond acceptors (Lipinski definition) is 3. The molecule has 1 saturated carbocycles. The Morgan fingerprint density at radius 1 is 0.929 bits per heavy atom. The van der Waals surface area contributed by atoms with Crippen molar-refractivity contribution in [2.75, 3.05) is 26.2 Å². The first-order chi connectivity index (χ1) is 13.4. The molecular weight excluding hydrogens is 419 g/mol. The van der Waals surface area contributed by atoms with Crippen molar-refractivity contribution in [1.82, 2.24) is 9.21 Å². The van der Waals surface area contributed by atoms with Crippen molar-refractivity contribution in [3.8, 4) is 0 Å². The molecule has 1 amide bonds. The van der Waals surface area contributed by atoms with Crippen LogP contribution in [0.2, 0.25) is 10.0 Å².